The summed E-state index contributed by atoms with van der Waals surface area (Å²) in [6, 6.07) is 25.8. The number of carbonyl (C=O) groups excluding carboxylic acids is 4. The Balaban J connectivity index is 1.62. The summed E-state index contributed by atoms with van der Waals surface area (Å²) in [6.45, 7) is 9.06. The molecule has 4 rings (SSSR count). The summed E-state index contributed by atoms with van der Waals surface area (Å²) in [7, 11) is 1.56. The van der Waals surface area contributed by atoms with Crippen LogP contribution in [0.1, 0.15) is 56.9 Å². The fourth-order valence-corrected chi connectivity index (χ4v) is 6.70. The monoisotopic (exact) mass is 873 g/mol. The molecule has 7 N–H and O–H groups in total. The van der Waals surface area contributed by atoms with Crippen molar-refractivity contribution in [2.45, 2.75) is 91.0 Å². The fraction of sp³-hybridized carbons (Fsp3) is 0.378. The molecule has 59 heavy (non-hydrogen) atoms. The second-order valence-corrected chi connectivity index (χ2v) is 16.6. The molecule has 5 atom stereocenters. The van der Waals surface area contributed by atoms with Gasteiger partial charge in [0, 0.05) is 23.1 Å². The molecule has 0 spiro atoms. The molecular formula is C45H56BrN5O8. The van der Waals surface area contributed by atoms with Gasteiger partial charge in [-0.15, -0.1) is 0 Å². The smallest absolute Gasteiger partial charge is 0.408 e. The van der Waals surface area contributed by atoms with E-state index in [1.807, 2.05) is 72.8 Å². The molecule has 0 aromatic heterocycles. The van der Waals surface area contributed by atoms with E-state index < -0.39 is 59.5 Å². The number of carbonyl (C=O) groups is 4. The molecule has 316 valence electrons. The summed E-state index contributed by atoms with van der Waals surface area (Å²) in [6.07, 6.45) is -2.24. The lowest BCUT2D eigenvalue weighted by molar-refractivity contribution is -0.134. The maximum atomic E-state index is 14.4. The van der Waals surface area contributed by atoms with Crippen LogP contribution in [-0.2, 0) is 45.2 Å². The number of amides is 4. The van der Waals surface area contributed by atoms with Crippen molar-refractivity contribution in [1.29, 1.82) is 0 Å². The third kappa shape index (κ3) is 14.4. The van der Waals surface area contributed by atoms with Gasteiger partial charge in [-0.2, -0.15) is 0 Å². The lowest BCUT2D eigenvalue weighted by Gasteiger charge is -2.35. The van der Waals surface area contributed by atoms with Crippen molar-refractivity contribution < 1.29 is 38.9 Å². The number of halogens is 1. The average molecular weight is 875 g/mol. The summed E-state index contributed by atoms with van der Waals surface area (Å²) in [5.41, 5.74) is 1.99. The molecule has 0 saturated heterocycles. The SMILES string of the molecule is COc1ccc(CN[C@@H](C(=O)N[C@H](C(=O)NCc2cc(Br)ccc2O)C(C)C)[C@H](O)[C@@H](Cc2ccccc2)NC(=O)[C@@H](NC(=O)OCc2ccccc2)C(C)(C)C)cc1. The van der Waals surface area contributed by atoms with E-state index >= 15 is 0 Å². The molecule has 0 unspecified atom stereocenters. The lowest BCUT2D eigenvalue weighted by atomic mass is 9.85. The number of ether oxygens (including phenoxy) is 2. The number of phenols is 1. The number of rotatable bonds is 19. The zero-order valence-electron chi connectivity index (χ0n) is 34.3. The highest BCUT2D eigenvalue weighted by Crippen LogP contribution is 2.23. The Morgan fingerprint density at radius 2 is 1.36 bits per heavy atom. The van der Waals surface area contributed by atoms with Crippen LogP contribution >= 0.6 is 15.9 Å². The maximum Gasteiger partial charge on any atom is 0.408 e. The molecule has 4 amide bonds. The number of phenolic OH excluding ortho intramolecular Hbond substituents is 1. The van der Waals surface area contributed by atoms with Crippen LogP contribution in [0.5, 0.6) is 11.5 Å². The number of aliphatic hydroxyl groups excluding tert-OH is 1. The topological polar surface area (TPSA) is 187 Å². The molecule has 14 heteroatoms. The standard InChI is InChI=1S/C45H56BrN5O8/c1-28(2)37(41(54)48-26-32-24-33(46)19-22-36(32)52)50-42(55)38(47-25-30-17-20-34(58-6)21-18-30)39(53)35(23-29-13-9-7-10-14-29)49-43(56)40(45(3,4)5)51-44(57)59-27-31-15-11-8-12-16-31/h7-22,24,28,35,37-40,47,52-53H,23,25-27H2,1-6H3,(H,48,54)(H,49,56)(H,50,55)(H,51,57)/t35-,37+,38-,39-,40-/m1/s1. The fourth-order valence-electron chi connectivity index (χ4n) is 6.29. The average Bonchev–Trinajstić information content (AvgIpc) is 3.21. The minimum atomic E-state index is -1.56. The minimum Gasteiger partial charge on any atom is -0.508 e. The Kier molecular flexibility index (Phi) is 17.3. The first kappa shape index (κ1) is 46.3. The van der Waals surface area contributed by atoms with E-state index in [1.54, 1.807) is 66.0 Å². The second kappa shape index (κ2) is 22.1. The van der Waals surface area contributed by atoms with E-state index in [-0.39, 0.29) is 37.8 Å². The molecule has 4 aromatic rings. The van der Waals surface area contributed by atoms with E-state index in [0.29, 0.717) is 11.3 Å². The summed E-state index contributed by atoms with van der Waals surface area (Å²) in [4.78, 5) is 55.3. The Morgan fingerprint density at radius 1 is 0.729 bits per heavy atom. The van der Waals surface area contributed by atoms with Crippen molar-refractivity contribution in [2.75, 3.05) is 7.11 Å². The van der Waals surface area contributed by atoms with Gasteiger partial charge in [0.2, 0.25) is 17.7 Å². The van der Waals surface area contributed by atoms with Crippen molar-refractivity contribution in [3.8, 4) is 11.5 Å². The first-order valence-electron chi connectivity index (χ1n) is 19.5. The third-order valence-corrected chi connectivity index (χ3v) is 10.2. The normalized spacial score (nSPS) is 13.9. The number of benzene rings is 4. The predicted octanol–water partition coefficient (Wildman–Crippen LogP) is 5.51. The molecule has 13 nitrogen and oxygen atoms in total. The zero-order valence-corrected chi connectivity index (χ0v) is 35.9. The van der Waals surface area contributed by atoms with Crippen molar-refractivity contribution >= 4 is 39.7 Å². The highest BCUT2D eigenvalue weighted by Gasteiger charge is 2.39. The molecule has 0 radical (unpaired) electrons. The van der Waals surface area contributed by atoms with Crippen LogP contribution in [0.15, 0.2) is 108 Å². The van der Waals surface area contributed by atoms with Crippen LogP contribution in [0.25, 0.3) is 0 Å². The molecule has 0 heterocycles. The van der Waals surface area contributed by atoms with E-state index in [2.05, 4.69) is 42.5 Å². The van der Waals surface area contributed by atoms with Crippen LogP contribution in [0.4, 0.5) is 4.79 Å². The summed E-state index contributed by atoms with van der Waals surface area (Å²) < 4.78 is 11.5. The van der Waals surface area contributed by atoms with E-state index in [4.69, 9.17) is 9.47 Å². The van der Waals surface area contributed by atoms with Gasteiger partial charge in [-0.3, -0.25) is 19.7 Å². The number of alkyl carbamates (subject to hydrolysis) is 1. The zero-order chi connectivity index (χ0) is 43.1. The molecule has 0 saturated carbocycles. The highest BCUT2D eigenvalue weighted by atomic mass is 79.9. The third-order valence-electron chi connectivity index (χ3n) is 9.69. The van der Waals surface area contributed by atoms with E-state index in [1.165, 1.54) is 6.07 Å². The lowest BCUT2D eigenvalue weighted by Crippen LogP contribution is -2.63. The van der Waals surface area contributed by atoms with Crippen LogP contribution in [0.3, 0.4) is 0 Å². The van der Waals surface area contributed by atoms with E-state index in [0.717, 1.165) is 21.2 Å². The van der Waals surface area contributed by atoms with Crippen molar-refractivity contribution in [3.63, 3.8) is 0 Å². The Labute approximate surface area is 354 Å². The largest absolute Gasteiger partial charge is 0.508 e. The van der Waals surface area contributed by atoms with Crippen LogP contribution in [-0.4, -0.2) is 71.4 Å². The first-order chi connectivity index (χ1) is 28.0. The molecular weight excluding hydrogens is 818 g/mol. The van der Waals surface area contributed by atoms with Crippen molar-refractivity contribution in [2.24, 2.45) is 11.3 Å². The number of aromatic hydroxyl groups is 1. The number of aliphatic hydroxyl groups is 1. The summed E-state index contributed by atoms with van der Waals surface area (Å²) >= 11 is 3.38. The number of hydrogen-bond donors (Lipinski definition) is 7. The van der Waals surface area contributed by atoms with E-state index in [9.17, 15) is 29.4 Å². The molecule has 0 aliphatic heterocycles. The molecule has 0 bridgehead atoms. The van der Waals surface area contributed by atoms with Gasteiger partial charge in [0.05, 0.1) is 19.3 Å². The quantitative estimate of drug-likeness (QED) is 0.0638. The van der Waals surface area contributed by atoms with Crippen LogP contribution in [0, 0.1) is 11.3 Å². The highest BCUT2D eigenvalue weighted by molar-refractivity contribution is 9.10. The predicted molar refractivity (Wildman–Crippen MR) is 229 cm³/mol. The molecule has 0 fully saturated rings. The van der Waals surface area contributed by atoms with Crippen LogP contribution < -0.4 is 31.3 Å². The van der Waals surface area contributed by atoms with Gasteiger partial charge in [0.25, 0.3) is 0 Å². The Bertz CT molecular complexity index is 1980. The van der Waals surface area contributed by atoms with Gasteiger partial charge in [-0.1, -0.05) is 123 Å². The van der Waals surface area contributed by atoms with Gasteiger partial charge in [0.1, 0.15) is 36.2 Å². The Hall–Kier alpha value is -5.44. The first-order valence-corrected chi connectivity index (χ1v) is 20.3. The molecule has 0 aliphatic rings. The van der Waals surface area contributed by atoms with Crippen LogP contribution in [0.2, 0.25) is 0 Å². The van der Waals surface area contributed by atoms with Crippen molar-refractivity contribution in [1.82, 2.24) is 26.6 Å². The summed E-state index contributed by atoms with van der Waals surface area (Å²) in [5, 5.41) is 37.1. The number of methoxy groups -OCH3 is 1. The van der Waals surface area contributed by atoms with Gasteiger partial charge >= 0.3 is 6.09 Å². The van der Waals surface area contributed by atoms with Crippen molar-refractivity contribution in [3.05, 3.63) is 130 Å². The molecule has 0 aliphatic carbocycles. The minimum absolute atomic E-state index is 0.000932. The maximum absolute atomic E-state index is 14.4. The second-order valence-electron chi connectivity index (χ2n) is 15.7. The Morgan fingerprint density at radius 3 is 1.95 bits per heavy atom. The van der Waals surface area contributed by atoms with Gasteiger partial charge in [-0.25, -0.2) is 4.79 Å². The summed E-state index contributed by atoms with van der Waals surface area (Å²) in [5.74, 6) is -1.52. The van der Waals surface area contributed by atoms with Gasteiger partial charge in [-0.05, 0) is 64.8 Å². The van der Waals surface area contributed by atoms with Gasteiger partial charge in [0.15, 0.2) is 0 Å². The number of nitrogens with one attached hydrogen (secondary N) is 5. The molecule has 4 aromatic carbocycles. The number of hydrogen-bond acceptors (Lipinski definition) is 9. The van der Waals surface area contributed by atoms with Gasteiger partial charge < -0.3 is 41.0 Å².